The smallest absolute Gasteiger partial charge is 0.0618 e. The molecule has 0 N–H and O–H groups in total. The lowest BCUT2D eigenvalue weighted by atomic mass is 9.88. The van der Waals surface area contributed by atoms with Gasteiger partial charge in [-0.2, -0.15) is 0 Å². The molecule has 332 valence electrons. The van der Waals surface area contributed by atoms with Gasteiger partial charge in [-0.3, -0.25) is 0 Å². The first-order valence-electron chi connectivity index (χ1n) is 24.2. The van der Waals surface area contributed by atoms with Gasteiger partial charge < -0.3 is 9.80 Å². The second-order valence-electron chi connectivity index (χ2n) is 18.1. The number of para-hydroxylation sites is 4. The molecule has 0 atom stereocenters. The number of anilines is 6. The van der Waals surface area contributed by atoms with Gasteiger partial charge in [-0.1, -0.05) is 218 Å². The largest absolute Gasteiger partial charge is 0.309 e. The minimum Gasteiger partial charge on any atom is -0.309 e. The molecule has 0 spiro atoms. The average molecular weight is 895 g/mol. The van der Waals surface area contributed by atoms with Gasteiger partial charge in [0.05, 0.1) is 11.4 Å². The summed E-state index contributed by atoms with van der Waals surface area (Å²) in [6, 6.07) is 92.4. The standard InChI is InChI=1S/C68H50N2/c1-47-45-51(65-57-31-15-19-35-61(57)67(62-36-20-16-32-58(62)65)69(53-23-7-3-8-24-53)54-25-9-4-10-26-54)43-41-49(47)39-40-50-42-44-52(46-48(50)2)66-59-33-17-21-37-63(59)68(64-38-22-18-34-60(64)66)70(55-27-11-5-12-28-55)56-29-13-6-14-30-56/h3-46H,1-2H3/b40-39+. The zero-order chi connectivity index (χ0) is 47.0. The summed E-state index contributed by atoms with van der Waals surface area (Å²) >= 11 is 0. The van der Waals surface area contributed by atoms with Crippen LogP contribution in [0.2, 0.25) is 0 Å². The normalized spacial score (nSPS) is 11.5. The van der Waals surface area contributed by atoms with Crippen LogP contribution < -0.4 is 9.80 Å². The molecule has 0 fully saturated rings. The van der Waals surface area contributed by atoms with Gasteiger partial charge in [-0.05, 0) is 128 Å². The minimum atomic E-state index is 1.12. The number of rotatable bonds is 10. The maximum absolute atomic E-state index is 2.41. The summed E-state index contributed by atoms with van der Waals surface area (Å²) in [4.78, 5) is 4.82. The van der Waals surface area contributed by atoms with E-state index in [0.717, 1.165) is 22.7 Å². The predicted molar refractivity (Wildman–Crippen MR) is 302 cm³/mol. The van der Waals surface area contributed by atoms with Crippen LogP contribution >= 0.6 is 0 Å². The van der Waals surface area contributed by atoms with Crippen LogP contribution in [0.3, 0.4) is 0 Å². The van der Waals surface area contributed by atoms with E-state index in [1.54, 1.807) is 0 Å². The number of benzene rings is 12. The molecule has 0 heterocycles. The van der Waals surface area contributed by atoms with Crippen LogP contribution in [0.5, 0.6) is 0 Å². The van der Waals surface area contributed by atoms with E-state index in [0.29, 0.717) is 0 Å². The van der Waals surface area contributed by atoms with Crippen molar-refractivity contribution in [3.63, 3.8) is 0 Å². The van der Waals surface area contributed by atoms with Crippen molar-refractivity contribution >= 4 is 89.4 Å². The fraction of sp³-hybridized carbons (Fsp3) is 0.0294. The molecule has 0 bridgehead atoms. The summed E-state index contributed by atoms with van der Waals surface area (Å²) in [5.74, 6) is 0. The van der Waals surface area contributed by atoms with E-state index in [1.165, 1.54) is 99.0 Å². The van der Waals surface area contributed by atoms with Gasteiger partial charge in [-0.15, -0.1) is 0 Å². The van der Waals surface area contributed by atoms with Gasteiger partial charge in [0.15, 0.2) is 0 Å². The molecule has 2 nitrogen and oxygen atoms in total. The van der Waals surface area contributed by atoms with Crippen LogP contribution in [0.15, 0.2) is 255 Å². The summed E-state index contributed by atoms with van der Waals surface area (Å²) in [5.41, 5.74) is 16.6. The van der Waals surface area contributed by atoms with Crippen LogP contribution in [0, 0.1) is 13.8 Å². The Morgan fingerprint density at radius 2 is 0.500 bits per heavy atom. The minimum absolute atomic E-state index is 1.12. The van der Waals surface area contributed by atoms with Gasteiger partial charge in [0.25, 0.3) is 0 Å². The first kappa shape index (κ1) is 42.4. The highest BCUT2D eigenvalue weighted by Gasteiger charge is 2.24. The molecule has 12 aromatic rings. The summed E-state index contributed by atoms with van der Waals surface area (Å²) in [6.07, 6.45) is 4.55. The molecule has 0 aliphatic rings. The summed E-state index contributed by atoms with van der Waals surface area (Å²) in [7, 11) is 0. The third-order valence-electron chi connectivity index (χ3n) is 13.9. The van der Waals surface area contributed by atoms with Crippen molar-refractivity contribution in [3.8, 4) is 22.3 Å². The quantitative estimate of drug-likeness (QED) is 0.0997. The molecule has 70 heavy (non-hydrogen) atoms. The molecule has 0 aliphatic heterocycles. The molecule has 0 aromatic heterocycles. The fourth-order valence-corrected chi connectivity index (χ4v) is 10.7. The SMILES string of the molecule is Cc1cc(-c2c3ccccc3c(N(c3ccccc3)c3ccccc3)c3ccccc23)ccc1/C=C/c1ccc(-c2c3ccccc3c(N(c3ccccc3)c3ccccc3)c3ccccc23)cc1C. The first-order valence-corrected chi connectivity index (χ1v) is 24.2. The molecular formula is C68H50N2. The van der Waals surface area contributed by atoms with Crippen LogP contribution in [-0.4, -0.2) is 0 Å². The van der Waals surface area contributed by atoms with Crippen molar-refractivity contribution in [1.82, 2.24) is 0 Å². The van der Waals surface area contributed by atoms with Gasteiger partial charge in [0.2, 0.25) is 0 Å². The summed E-state index contributed by atoms with van der Waals surface area (Å²) < 4.78 is 0. The molecule has 2 heteroatoms. The average Bonchev–Trinajstić information content (AvgIpc) is 3.42. The maximum Gasteiger partial charge on any atom is 0.0618 e. The van der Waals surface area contributed by atoms with Crippen LogP contribution in [0.4, 0.5) is 34.1 Å². The van der Waals surface area contributed by atoms with Gasteiger partial charge >= 0.3 is 0 Å². The zero-order valence-corrected chi connectivity index (χ0v) is 39.3. The highest BCUT2D eigenvalue weighted by atomic mass is 15.2. The van der Waals surface area contributed by atoms with E-state index in [1.807, 2.05) is 0 Å². The lowest BCUT2D eigenvalue weighted by Crippen LogP contribution is -2.11. The van der Waals surface area contributed by atoms with Gasteiger partial charge in [0, 0.05) is 44.3 Å². The Morgan fingerprint density at radius 3 is 0.757 bits per heavy atom. The highest BCUT2D eigenvalue weighted by molar-refractivity contribution is 6.24. The Balaban J connectivity index is 0.921. The van der Waals surface area contributed by atoms with Crippen molar-refractivity contribution in [2.24, 2.45) is 0 Å². The Morgan fingerprint density at radius 1 is 0.257 bits per heavy atom. The van der Waals surface area contributed by atoms with Crippen LogP contribution in [0.25, 0.3) is 77.5 Å². The summed E-state index contributed by atoms with van der Waals surface area (Å²) in [6.45, 7) is 4.47. The van der Waals surface area contributed by atoms with Gasteiger partial charge in [0.1, 0.15) is 0 Å². The van der Waals surface area contributed by atoms with E-state index < -0.39 is 0 Å². The molecule has 0 amide bonds. The Kier molecular flexibility index (Phi) is 11.1. The Bertz CT molecular complexity index is 3450. The van der Waals surface area contributed by atoms with E-state index in [2.05, 4.69) is 291 Å². The zero-order valence-electron chi connectivity index (χ0n) is 39.3. The van der Waals surface area contributed by atoms with Crippen LogP contribution in [0.1, 0.15) is 22.3 Å². The number of nitrogens with zero attached hydrogens (tertiary/aromatic N) is 2. The molecule has 0 saturated carbocycles. The predicted octanol–water partition coefficient (Wildman–Crippen LogP) is 19.4. The maximum atomic E-state index is 2.41. The molecule has 0 aliphatic carbocycles. The van der Waals surface area contributed by atoms with E-state index in [-0.39, 0.29) is 0 Å². The lowest BCUT2D eigenvalue weighted by Gasteiger charge is -2.29. The molecule has 12 rings (SSSR count). The molecule has 12 aromatic carbocycles. The number of hydrogen-bond acceptors (Lipinski definition) is 2. The van der Waals surface area contributed by atoms with E-state index in [4.69, 9.17) is 0 Å². The van der Waals surface area contributed by atoms with Crippen molar-refractivity contribution in [2.45, 2.75) is 13.8 Å². The Hall–Kier alpha value is -8.98. The fourth-order valence-electron chi connectivity index (χ4n) is 10.7. The Labute approximate surface area is 410 Å². The van der Waals surface area contributed by atoms with Crippen molar-refractivity contribution < 1.29 is 0 Å². The third kappa shape index (κ3) is 7.57. The summed E-state index contributed by atoms with van der Waals surface area (Å²) in [5, 5.41) is 9.76. The second-order valence-corrected chi connectivity index (χ2v) is 18.1. The van der Waals surface area contributed by atoms with Crippen molar-refractivity contribution in [2.75, 3.05) is 9.80 Å². The molecule has 0 saturated heterocycles. The first-order chi connectivity index (χ1) is 34.6. The molecular weight excluding hydrogens is 845 g/mol. The number of fused-ring (bicyclic) bond motifs is 4. The number of hydrogen-bond donors (Lipinski definition) is 0. The van der Waals surface area contributed by atoms with Gasteiger partial charge in [-0.25, -0.2) is 0 Å². The van der Waals surface area contributed by atoms with E-state index >= 15 is 0 Å². The third-order valence-corrected chi connectivity index (χ3v) is 13.9. The topological polar surface area (TPSA) is 6.48 Å². The van der Waals surface area contributed by atoms with Crippen LogP contribution in [-0.2, 0) is 0 Å². The number of aryl methyl sites for hydroxylation is 2. The van der Waals surface area contributed by atoms with Crippen molar-refractivity contribution in [3.05, 3.63) is 277 Å². The monoisotopic (exact) mass is 894 g/mol. The second kappa shape index (κ2) is 18.3. The van der Waals surface area contributed by atoms with E-state index in [9.17, 15) is 0 Å². The lowest BCUT2D eigenvalue weighted by molar-refractivity contribution is 1.31. The highest BCUT2D eigenvalue weighted by Crippen LogP contribution is 2.50. The molecule has 0 unspecified atom stereocenters. The van der Waals surface area contributed by atoms with Crippen molar-refractivity contribution in [1.29, 1.82) is 0 Å². The molecule has 0 radical (unpaired) electrons.